The molecule has 0 N–H and O–H groups in total. The van der Waals surface area contributed by atoms with Crippen LogP contribution in [0.15, 0.2) is 36.7 Å². The molecule has 4 heterocycles. The predicted octanol–water partition coefficient (Wildman–Crippen LogP) is 6.10. The summed E-state index contributed by atoms with van der Waals surface area (Å²) < 4.78 is 37.3. The van der Waals surface area contributed by atoms with E-state index in [-0.39, 0.29) is 22.6 Å². The Balaban J connectivity index is 1.41. The van der Waals surface area contributed by atoms with Crippen LogP contribution in [-0.2, 0) is 4.74 Å². The molecule has 9 heteroatoms. The summed E-state index contributed by atoms with van der Waals surface area (Å²) in [5.41, 5.74) is 2.63. The third-order valence-electron chi connectivity index (χ3n) is 6.57. The SMILES string of the molecule is Cc1ccc2c(-c3ccc(Cl)c(F)c3F)nc(C3CCOC(c4cnn(C5CC5)c4)C3)nc2n1. The first-order chi connectivity index (χ1) is 16.5. The molecular formula is C25H22ClF2N5O. The van der Waals surface area contributed by atoms with Gasteiger partial charge in [0.15, 0.2) is 17.3 Å². The minimum atomic E-state index is -1.09. The maximum Gasteiger partial charge on any atom is 0.178 e. The second-order valence-corrected chi connectivity index (χ2v) is 9.45. The van der Waals surface area contributed by atoms with Gasteiger partial charge in [0.05, 0.1) is 29.1 Å². The number of rotatable bonds is 4. The van der Waals surface area contributed by atoms with Gasteiger partial charge in [0.1, 0.15) is 5.82 Å². The third kappa shape index (κ3) is 3.84. The van der Waals surface area contributed by atoms with E-state index in [2.05, 4.69) is 16.3 Å². The van der Waals surface area contributed by atoms with E-state index in [1.54, 1.807) is 12.1 Å². The molecular weight excluding hydrogens is 460 g/mol. The Kier molecular flexibility index (Phi) is 5.30. The molecule has 2 aliphatic rings. The summed E-state index contributed by atoms with van der Waals surface area (Å²) in [5, 5.41) is 4.78. The number of halogens is 3. The van der Waals surface area contributed by atoms with Gasteiger partial charge >= 0.3 is 0 Å². The summed E-state index contributed by atoms with van der Waals surface area (Å²) in [5.74, 6) is -1.59. The molecule has 2 atom stereocenters. The Hall–Kier alpha value is -2.97. The van der Waals surface area contributed by atoms with Crippen molar-refractivity contribution in [1.29, 1.82) is 0 Å². The van der Waals surface area contributed by atoms with Crippen molar-refractivity contribution in [1.82, 2.24) is 24.7 Å². The summed E-state index contributed by atoms with van der Waals surface area (Å²) in [4.78, 5) is 14.1. The molecule has 6 rings (SSSR count). The van der Waals surface area contributed by atoms with Crippen LogP contribution in [0.25, 0.3) is 22.3 Å². The fourth-order valence-electron chi connectivity index (χ4n) is 4.54. The lowest BCUT2D eigenvalue weighted by Crippen LogP contribution is -2.20. The van der Waals surface area contributed by atoms with Crippen LogP contribution in [0.4, 0.5) is 8.78 Å². The molecule has 4 aromatic rings. The highest BCUT2D eigenvalue weighted by atomic mass is 35.5. The molecule has 0 amide bonds. The van der Waals surface area contributed by atoms with E-state index in [0.717, 1.165) is 30.5 Å². The van der Waals surface area contributed by atoms with Gasteiger partial charge in [0.2, 0.25) is 0 Å². The van der Waals surface area contributed by atoms with E-state index < -0.39 is 11.6 Å². The molecule has 0 bridgehead atoms. The molecule has 1 aliphatic carbocycles. The van der Waals surface area contributed by atoms with Gasteiger partial charge in [-0.25, -0.2) is 23.7 Å². The van der Waals surface area contributed by atoms with Gasteiger partial charge in [-0.1, -0.05) is 11.6 Å². The molecule has 174 valence electrons. The van der Waals surface area contributed by atoms with Gasteiger partial charge in [0, 0.05) is 40.9 Å². The van der Waals surface area contributed by atoms with E-state index in [1.165, 1.54) is 12.1 Å². The van der Waals surface area contributed by atoms with Crippen LogP contribution < -0.4 is 0 Å². The second kappa shape index (κ2) is 8.36. The van der Waals surface area contributed by atoms with Gasteiger partial charge in [-0.3, -0.25) is 4.68 Å². The molecule has 3 aromatic heterocycles. The van der Waals surface area contributed by atoms with Crippen molar-refractivity contribution in [2.75, 3.05) is 6.61 Å². The standard InChI is InChI=1S/C25H22ClF2N5O/c1-13-2-5-18-23(17-6-7-19(26)22(28)21(17)27)31-24(32-25(18)30-13)14-8-9-34-20(10-14)15-11-29-33(12-15)16-3-4-16/h2,5-7,11-12,14,16,20H,3-4,8-10H2,1H3. The van der Waals surface area contributed by atoms with Crippen LogP contribution in [0.2, 0.25) is 5.02 Å². The van der Waals surface area contributed by atoms with Crippen LogP contribution in [0.3, 0.4) is 0 Å². The van der Waals surface area contributed by atoms with E-state index in [4.69, 9.17) is 26.3 Å². The molecule has 1 aliphatic heterocycles. The average molecular weight is 482 g/mol. The summed E-state index contributed by atoms with van der Waals surface area (Å²) in [6.45, 7) is 2.41. The van der Waals surface area contributed by atoms with Crippen molar-refractivity contribution in [3.05, 3.63) is 70.4 Å². The Morgan fingerprint density at radius 2 is 1.88 bits per heavy atom. The van der Waals surface area contributed by atoms with Crippen molar-refractivity contribution in [2.24, 2.45) is 0 Å². The monoisotopic (exact) mass is 481 g/mol. The normalized spacial score (nSPS) is 20.7. The Labute approximate surface area is 200 Å². The van der Waals surface area contributed by atoms with Crippen molar-refractivity contribution in [2.45, 2.75) is 50.7 Å². The molecule has 2 unspecified atom stereocenters. The van der Waals surface area contributed by atoms with Crippen molar-refractivity contribution in [3.8, 4) is 11.3 Å². The molecule has 34 heavy (non-hydrogen) atoms. The summed E-state index contributed by atoms with van der Waals surface area (Å²) in [7, 11) is 0. The zero-order valence-corrected chi connectivity index (χ0v) is 19.3. The molecule has 0 radical (unpaired) electrons. The minimum absolute atomic E-state index is 0.0197. The van der Waals surface area contributed by atoms with Gasteiger partial charge < -0.3 is 4.74 Å². The number of nitrogens with zero attached hydrogens (tertiary/aromatic N) is 5. The van der Waals surface area contributed by atoms with Gasteiger partial charge in [0.25, 0.3) is 0 Å². The average Bonchev–Trinajstić information content (AvgIpc) is 3.58. The number of pyridine rings is 1. The maximum atomic E-state index is 14.9. The second-order valence-electron chi connectivity index (χ2n) is 9.04. The zero-order valence-electron chi connectivity index (χ0n) is 18.5. The summed E-state index contributed by atoms with van der Waals surface area (Å²) in [6, 6.07) is 6.89. The van der Waals surface area contributed by atoms with Crippen molar-refractivity contribution < 1.29 is 13.5 Å². The van der Waals surface area contributed by atoms with Gasteiger partial charge in [-0.05, 0) is 56.9 Å². The van der Waals surface area contributed by atoms with Crippen molar-refractivity contribution >= 4 is 22.6 Å². The van der Waals surface area contributed by atoms with Gasteiger partial charge in [-0.15, -0.1) is 0 Å². The number of hydrogen-bond acceptors (Lipinski definition) is 5. The third-order valence-corrected chi connectivity index (χ3v) is 6.86. The quantitative estimate of drug-likeness (QED) is 0.329. The van der Waals surface area contributed by atoms with E-state index in [1.807, 2.05) is 17.8 Å². The van der Waals surface area contributed by atoms with Crippen LogP contribution in [0.1, 0.15) is 60.8 Å². The van der Waals surface area contributed by atoms with Gasteiger partial charge in [-0.2, -0.15) is 5.10 Å². The number of benzene rings is 1. The minimum Gasteiger partial charge on any atom is -0.373 e. The van der Waals surface area contributed by atoms with E-state index >= 15 is 0 Å². The fourth-order valence-corrected chi connectivity index (χ4v) is 4.69. The highest BCUT2D eigenvalue weighted by molar-refractivity contribution is 6.30. The number of aryl methyl sites for hydroxylation is 1. The predicted molar refractivity (Wildman–Crippen MR) is 124 cm³/mol. The Morgan fingerprint density at radius 1 is 1.03 bits per heavy atom. The lowest BCUT2D eigenvalue weighted by Gasteiger charge is -2.28. The zero-order chi connectivity index (χ0) is 23.4. The lowest BCUT2D eigenvalue weighted by atomic mass is 9.92. The Morgan fingerprint density at radius 3 is 2.71 bits per heavy atom. The summed E-state index contributed by atoms with van der Waals surface area (Å²) >= 11 is 5.78. The lowest BCUT2D eigenvalue weighted by molar-refractivity contribution is 0.00396. The molecule has 6 nitrogen and oxygen atoms in total. The molecule has 1 aromatic carbocycles. The smallest absolute Gasteiger partial charge is 0.178 e. The highest BCUT2D eigenvalue weighted by Crippen LogP contribution is 2.40. The van der Waals surface area contributed by atoms with Crippen LogP contribution >= 0.6 is 11.6 Å². The molecule has 1 saturated heterocycles. The van der Waals surface area contributed by atoms with E-state index in [0.29, 0.717) is 41.6 Å². The first kappa shape index (κ1) is 21.6. The first-order valence-electron chi connectivity index (χ1n) is 11.4. The molecule has 1 saturated carbocycles. The van der Waals surface area contributed by atoms with Crippen LogP contribution in [0, 0.1) is 18.6 Å². The molecule has 0 spiro atoms. The number of fused-ring (bicyclic) bond motifs is 1. The number of hydrogen-bond donors (Lipinski definition) is 0. The van der Waals surface area contributed by atoms with Crippen LogP contribution in [-0.4, -0.2) is 31.3 Å². The fraction of sp³-hybridized carbons (Fsp3) is 0.360. The van der Waals surface area contributed by atoms with Crippen LogP contribution in [0.5, 0.6) is 0 Å². The summed E-state index contributed by atoms with van der Waals surface area (Å²) in [6.07, 6.45) is 7.54. The molecule has 2 fully saturated rings. The van der Waals surface area contributed by atoms with Crippen molar-refractivity contribution in [3.63, 3.8) is 0 Å². The topological polar surface area (TPSA) is 65.7 Å². The largest absolute Gasteiger partial charge is 0.373 e. The Bertz CT molecular complexity index is 1400. The first-order valence-corrected chi connectivity index (χ1v) is 11.8. The maximum absolute atomic E-state index is 14.9. The number of aromatic nitrogens is 5. The highest BCUT2D eigenvalue weighted by Gasteiger charge is 2.31. The van der Waals surface area contributed by atoms with E-state index in [9.17, 15) is 8.78 Å². The number of ether oxygens (including phenoxy) is 1.